The van der Waals surface area contributed by atoms with Gasteiger partial charge in [-0.25, -0.2) is 4.79 Å². The molecule has 17 heavy (non-hydrogen) atoms. The van der Waals surface area contributed by atoms with Crippen molar-refractivity contribution in [3.8, 4) is 0 Å². The zero-order valence-electron chi connectivity index (χ0n) is 8.85. The van der Waals surface area contributed by atoms with Gasteiger partial charge in [-0.15, -0.1) is 0 Å². The number of anilines is 1. The van der Waals surface area contributed by atoms with E-state index in [1.165, 1.54) is 6.26 Å². The summed E-state index contributed by atoms with van der Waals surface area (Å²) in [7, 11) is 0. The van der Waals surface area contributed by atoms with Gasteiger partial charge in [0.15, 0.2) is 6.61 Å². The fourth-order valence-electron chi connectivity index (χ4n) is 1.25. The number of carbonyl (C=O) groups is 1. The molecule has 0 aliphatic heterocycles. The standard InChI is InChI=1S/C12H10ClNO3/c13-9-3-1-4-10(7-9)14-12(15)17-8-11-5-2-6-16-11/h1-7H,8H2,(H,14,15). The number of ether oxygens (including phenoxy) is 1. The molecule has 2 rings (SSSR count). The number of nitrogens with one attached hydrogen (secondary N) is 1. The lowest BCUT2D eigenvalue weighted by Gasteiger charge is -2.05. The van der Waals surface area contributed by atoms with Gasteiger partial charge < -0.3 is 9.15 Å². The van der Waals surface area contributed by atoms with E-state index in [1.807, 2.05) is 0 Å². The molecule has 1 heterocycles. The van der Waals surface area contributed by atoms with Gasteiger partial charge >= 0.3 is 6.09 Å². The SMILES string of the molecule is O=C(Nc1cccc(Cl)c1)OCc1ccco1. The van der Waals surface area contributed by atoms with E-state index in [9.17, 15) is 4.79 Å². The number of hydrogen-bond donors (Lipinski definition) is 1. The smallest absolute Gasteiger partial charge is 0.412 e. The van der Waals surface area contributed by atoms with Crippen molar-refractivity contribution in [1.29, 1.82) is 0 Å². The molecule has 88 valence electrons. The van der Waals surface area contributed by atoms with Crippen molar-refractivity contribution in [1.82, 2.24) is 0 Å². The van der Waals surface area contributed by atoms with Gasteiger partial charge in [-0.05, 0) is 30.3 Å². The lowest BCUT2D eigenvalue weighted by molar-refractivity contribution is 0.146. The molecule has 0 unspecified atom stereocenters. The second-order valence-electron chi connectivity index (χ2n) is 3.29. The first-order valence-electron chi connectivity index (χ1n) is 4.96. The summed E-state index contributed by atoms with van der Waals surface area (Å²) in [6, 6.07) is 10.3. The maximum atomic E-state index is 11.4. The maximum Gasteiger partial charge on any atom is 0.412 e. The van der Waals surface area contributed by atoms with Crippen LogP contribution in [0.3, 0.4) is 0 Å². The number of benzene rings is 1. The Balaban J connectivity index is 1.85. The minimum Gasteiger partial charge on any atom is -0.466 e. The lowest BCUT2D eigenvalue weighted by atomic mass is 10.3. The summed E-state index contributed by atoms with van der Waals surface area (Å²) < 4.78 is 9.97. The highest BCUT2D eigenvalue weighted by Gasteiger charge is 2.05. The van der Waals surface area contributed by atoms with Crippen molar-refractivity contribution in [3.63, 3.8) is 0 Å². The van der Waals surface area contributed by atoms with E-state index in [-0.39, 0.29) is 6.61 Å². The van der Waals surface area contributed by atoms with Gasteiger partial charge in [0.1, 0.15) is 5.76 Å². The van der Waals surface area contributed by atoms with Crippen molar-refractivity contribution in [2.24, 2.45) is 0 Å². The van der Waals surface area contributed by atoms with Gasteiger partial charge in [0.25, 0.3) is 0 Å². The van der Waals surface area contributed by atoms with Crippen LogP contribution in [0.2, 0.25) is 5.02 Å². The molecule has 0 saturated carbocycles. The van der Waals surface area contributed by atoms with Gasteiger partial charge in [-0.1, -0.05) is 17.7 Å². The second kappa shape index (κ2) is 5.41. The molecule has 1 N–H and O–H groups in total. The van der Waals surface area contributed by atoms with Crippen LogP contribution < -0.4 is 5.32 Å². The first-order chi connectivity index (χ1) is 8.24. The minimum atomic E-state index is -0.552. The monoisotopic (exact) mass is 251 g/mol. The third kappa shape index (κ3) is 3.53. The van der Waals surface area contributed by atoms with Crippen molar-refractivity contribution in [2.45, 2.75) is 6.61 Å². The highest BCUT2D eigenvalue weighted by Crippen LogP contribution is 2.15. The molecule has 0 aliphatic rings. The summed E-state index contributed by atoms with van der Waals surface area (Å²) >= 11 is 5.78. The van der Waals surface area contributed by atoms with Crippen LogP contribution in [0.4, 0.5) is 10.5 Å². The number of furan rings is 1. The average Bonchev–Trinajstić information content (AvgIpc) is 2.79. The van der Waals surface area contributed by atoms with E-state index < -0.39 is 6.09 Å². The third-order valence-corrected chi connectivity index (χ3v) is 2.23. The number of amides is 1. The summed E-state index contributed by atoms with van der Waals surface area (Å²) in [6.45, 7) is 0.0966. The quantitative estimate of drug-likeness (QED) is 0.905. The molecule has 5 heteroatoms. The Morgan fingerprint density at radius 2 is 2.24 bits per heavy atom. The third-order valence-electron chi connectivity index (χ3n) is 2.00. The van der Waals surface area contributed by atoms with E-state index >= 15 is 0 Å². The van der Waals surface area contributed by atoms with Crippen molar-refractivity contribution in [2.75, 3.05) is 5.32 Å². The molecule has 0 atom stereocenters. The molecule has 0 radical (unpaired) electrons. The van der Waals surface area contributed by atoms with Crippen LogP contribution in [-0.2, 0) is 11.3 Å². The number of carbonyl (C=O) groups excluding carboxylic acids is 1. The Kier molecular flexibility index (Phi) is 3.67. The first kappa shape index (κ1) is 11.5. The minimum absolute atomic E-state index is 0.0966. The van der Waals surface area contributed by atoms with Gasteiger partial charge in [-0.3, -0.25) is 5.32 Å². The van der Waals surface area contributed by atoms with Crippen LogP contribution in [0, 0.1) is 0 Å². The molecule has 0 aliphatic carbocycles. The highest BCUT2D eigenvalue weighted by atomic mass is 35.5. The predicted octanol–water partition coefficient (Wildman–Crippen LogP) is 3.68. The molecule has 0 fully saturated rings. The summed E-state index contributed by atoms with van der Waals surface area (Å²) in [4.78, 5) is 11.4. The Hall–Kier alpha value is -1.94. The average molecular weight is 252 g/mol. The molecule has 1 amide bonds. The van der Waals surface area contributed by atoms with Crippen molar-refractivity contribution < 1.29 is 13.9 Å². The van der Waals surface area contributed by atoms with Gasteiger partial charge in [0.05, 0.1) is 6.26 Å². The second-order valence-corrected chi connectivity index (χ2v) is 3.73. The summed E-state index contributed by atoms with van der Waals surface area (Å²) in [5.74, 6) is 0.589. The van der Waals surface area contributed by atoms with Crippen LogP contribution in [-0.4, -0.2) is 6.09 Å². The Morgan fingerprint density at radius 1 is 1.35 bits per heavy atom. The number of hydrogen-bond acceptors (Lipinski definition) is 3. The van der Waals surface area contributed by atoms with E-state index in [2.05, 4.69) is 5.32 Å². The van der Waals surface area contributed by atoms with Gasteiger partial charge in [0, 0.05) is 10.7 Å². The molecule has 0 saturated heterocycles. The van der Waals surface area contributed by atoms with Crippen LogP contribution in [0.5, 0.6) is 0 Å². The van der Waals surface area contributed by atoms with Crippen LogP contribution in [0.1, 0.15) is 5.76 Å². The maximum absolute atomic E-state index is 11.4. The zero-order valence-corrected chi connectivity index (χ0v) is 9.61. The largest absolute Gasteiger partial charge is 0.466 e. The Morgan fingerprint density at radius 3 is 2.94 bits per heavy atom. The van der Waals surface area contributed by atoms with E-state index in [1.54, 1.807) is 36.4 Å². The Bertz CT molecular complexity index is 496. The fourth-order valence-corrected chi connectivity index (χ4v) is 1.44. The normalized spacial score (nSPS) is 9.94. The van der Waals surface area contributed by atoms with Crippen LogP contribution >= 0.6 is 11.6 Å². The van der Waals surface area contributed by atoms with Gasteiger partial charge in [0.2, 0.25) is 0 Å². The topological polar surface area (TPSA) is 51.5 Å². The highest BCUT2D eigenvalue weighted by molar-refractivity contribution is 6.30. The molecule has 1 aromatic carbocycles. The first-order valence-corrected chi connectivity index (χ1v) is 5.33. The molecule has 1 aromatic heterocycles. The summed E-state index contributed by atoms with van der Waals surface area (Å²) in [5, 5.41) is 3.11. The molecular formula is C12H10ClNO3. The zero-order chi connectivity index (χ0) is 12.1. The lowest BCUT2D eigenvalue weighted by Crippen LogP contribution is -2.13. The van der Waals surface area contributed by atoms with E-state index in [0.717, 1.165) is 0 Å². The summed E-state index contributed by atoms with van der Waals surface area (Å²) in [5.41, 5.74) is 0.585. The molecule has 4 nitrogen and oxygen atoms in total. The fraction of sp³-hybridized carbons (Fsp3) is 0.0833. The predicted molar refractivity (Wildman–Crippen MR) is 64.0 cm³/mol. The van der Waals surface area contributed by atoms with Crippen LogP contribution in [0.25, 0.3) is 0 Å². The van der Waals surface area contributed by atoms with E-state index in [0.29, 0.717) is 16.5 Å². The van der Waals surface area contributed by atoms with Gasteiger partial charge in [-0.2, -0.15) is 0 Å². The van der Waals surface area contributed by atoms with Crippen LogP contribution in [0.15, 0.2) is 47.1 Å². The Labute approximate surface area is 103 Å². The van der Waals surface area contributed by atoms with E-state index in [4.69, 9.17) is 20.8 Å². The number of halogens is 1. The van der Waals surface area contributed by atoms with Crippen molar-refractivity contribution >= 4 is 23.4 Å². The molecular weight excluding hydrogens is 242 g/mol. The molecule has 2 aromatic rings. The number of rotatable bonds is 3. The summed E-state index contributed by atoms with van der Waals surface area (Å²) in [6.07, 6.45) is 0.969. The molecule has 0 spiro atoms. The molecule has 0 bridgehead atoms. The van der Waals surface area contributed by atoms with Crippen molar-refractivity contribution in [3.05, 3.63) is 53.4 Å².